The molecule has 1 aliphatic heterocycles. The lowest BCUT2D eigenvalue weighted by atomic mass is 9.84. The summed E-state index contributed by atoms with van der Waals surface area (Å²) in [6.45, 7) is 5.48. The van der Waals surface area contributed by atoms with Crippen LogP contribution < -0.4 is 5.32 Å². The first-order chi connectivity index (χ1) is 7.88. The van der Waals surface area contributed by atoms with Gasteiger partial charge >= 0.3 is 0 Å². The maximum Gasteiger partial charge on any atom is 0.0506 e. The van der Waals surface area contributed by atoms with Crippen LogP contribution in [0, 0.1) is 11.8 Å². The molecule has 1 N–H and O–H groups in total. The number of hydrogen-bond donors (Lipinski definition) is 1. The monoisotopic (exact) mass is 225 g/mol. The Labute approximate surface area is 100 Å². The standard InChI is InChI=1S/C14H27NO/c1-2-12-5-3-7-14(9-12)15-10-13-6-4-8-16-11-13/h12-15H,2-11H2,1H3. The predicted molar refractivity (Wildman–Crippen MR) is 67.6 cm³/mol. The molecule has 1 saturated carbocycles. The molecule has 1 heterocycles. The van der Waals surface area contributed by atoms with Crippen molar-refractivity contribution in [1.29, 1.82) is 0 Å². The minimum absolute atomic E-state index is 0.774. The second-order valence-electron chi connectivity index (χ2n) is 5.63. The first kappa shape index (κ1) is 12.4. The number of ether oxygens (including phenoxy) is 1. The molecule has 3 atom stereocenters. The van der Waals surface area contributed by atoms with Crippen LogP contribution >= 0.6 is 0 Å². The van der Waals surface area contributed by atoms with E-state index in [2.05, 4.69) is 12.2 Å². The van der Waals surface area contributed by atoms with Gasteiger partial charge in [0.25, 0.3) is 0 Å². The highest BCUT2D eigenvalue weighted by Crippen LogP contribution is 2.26. The fourth-order valence-corrected chi connectivity index (χ4v) is 3.15. The quantitative estimate of drug-likeness (QED) is 0.794. The minimum Gasteiger partial charge on any atom is -0.381 e. The van der Waals surface area contributed by atoms with E-state index in [1.54, 1.807) is 0 Å². The number of rotatable bonds is 4. The normalized spacial score (nSPS) is 36.2. The molecule has 0 aromatic rings. The largest absolute Gasteiger partial charge is 0.381 e. The zero-order valence-corrected chi connectivity index (χ0v) is 10.7. The molecular weight excluding hydrogens is 198 g/mol. The first-order valence-corrected chi connectivity index (χ1v) is 7.19. The summed E-state index contributed by atoms with van der Waals surface area (Å²) in [6, 6.07) is 0.792. The van der Waals surface area contributed by atoms with Gasteiger partial charge < -0.3 is 10.1 Å². The molecule has 2 heteroatoms. The van der Waals surface area contributed by atoms with E-state index in [0.717, 1.165) is 31.1 Å². The average molecular weight is 225 g/mol. The molecule has 1 aliphatic carbocycles. The second-order valence-corrected chi connectivity index (χ2v) is 5.63. The van der Waals surface area contributed by atoms with Crippen molar-refractivity contribution in [2.75, 3.05) is 19.8 Å². The van der Waals surface area contributed by atoms with Crippen LogP contribution in [0.5, 0.6) is 0 Å². The Balaban J connectivity index is 1.64. The summed E-state index contributed by atoms with van der Waals surface area (Å²) in [4.78, 5) is 0. The molecule has 94 valence electrons. The van der Waals surface area contributed by atoms with Crippen molar-refractivity contribution < 1.29 is 4.74 Å². The fraction of sp³-hybridized carbons (Fsp3) is 1.00. The van der Waals surface area contributed by atoms with Gasteiger partial charge in [-0.05, 0) is 37.5 Å². The van der Waals surface area contributed by atoms with E-state index in [0.29, 0.717) is 0 Å². The van der Waals surface area contributed by atoms with Gasteiger partial charge in [0.05, 0.1) is 6.61 Å². The molecule has 3 unspecified atom stereocenters. The third kappa shape index (κ3) is 3.74. The summed E-state index contributed by atoms with van der Waals surface area (Å²) in [5.74, 6) is 1.75. The summed E-state index contributed by atoms with van der Waals surface area (Å²) < 4.78 is 5.52. The summed E-state index contributed by atoms with van der Waals surface area (Å²) in [5, 5.41) is 3.78. The Hall–Kier alpha value is -0.0800. The van der Waals surface area contributed by atoms with E-state index in [1.807, 2.05) is 0 Å². The highest BCUT2D eigenvalue weighted by atomic mass is 16.5. The van der Waals surface area contributed by atoms with E-state index >= 15 is 0 Å². The molecule has 16 heavy (non-hydrogen) atoms. The van der Waals surface area contributed by atoms with Crippen molar-refractivity contribution in [3.63, 3.8) is 0 Å². The smallest absolute Gasteiger partial charge is 0.0506 e. The highest BCUT2D eigenvalue weighted by Gasteiger charge is 2.21. The lowest BCUT2D eigenvalue weighted by Crippen LogP contribution is -2.38. The number of hydrogen-bond acceptors (Lipinski definition) is 2. The molecule has 0 aromatic carbocycles. The summed E-state index contributed by atoms with van der Waals surface area (Å²) in [5.41, 5.74) is 0. The van der Waals surface area contributed by atoms with Crippen LogP contribution in [0.3, 0.4) is 0 Å². The van der Waals surface area contributed by atoms with Crippen molar-refractivity contribution in [3.8, 4) is 0 Å². The van der Waals surface area contributed by atoms with Gasteiger partial charge in [-0.1, -0.05) is 26.2 Å². The molecule has 0 aromatic heterocycles. The molecule has 0 amide bonds. The molecule has 2 rings (SSSR count). The van der Waals surface area contributed by atoms with Crippen LogP contribution in [0.4, 0.5) is 0 Å². The van der Waals surface area contributed by atoms with E-state index in [9.17, 15) is 0 Å². The van der Waals surface area contributed by atoms with E-state index in [1.165, 1.54) is 51.5 Å². The maximum absolute atomic E-state index is 5.52. The summed E-state index contributed by atoms with van der Waals surface area (Å²) in [7, 11) is 0. The molecule has 1 saturated heterocycles. The Kier molecular flexibility index (Phi) is 5.11. The van der Waals surface area contributed by atoms with Crippen LogP contribution in [0.2, 0.25) is 0 Å². The van der Waals surface area contributed by atoms with Gasteiger partial charge in [-0.3, -0.25) is 0 Å². The molecule has 0 spiro atoms. The summed E-state index contributed by atoms with van der Waals surface area (Å²) >= 11 is 0. The van der Waals surface area contributed by atoms with Crippen LogP contribution in [-0.4, -0.2) is 25.8 Å². The first-order valence-electron chi connectivity index (χ1n) is 7.19. The highest BCUT2D eigenvalue weighted by molar-refractivity contribution is 4.78. The lowest BCUT2D eigenvalue weighted by Gasteiger charge is -2.31. The van der Waals surface area contributed by atoms with Gasteiger partial charge in [0, 0.05) is 19.2 Å². The SMILES string of the molecule is CCC1CCCC(NCC2CCCOC2)C1. The molecule has 2 aliphatic rings. The molecule has 0 bridgehead atoms. The third-order valence-corrected chi connectivity index (χ3v) is 4.31. The summed E-state index contributed by atoms with van der Waals surface area (Å²) in [6.07, 6.45) is 9.67. The van der Waals surface area contributed by atoms with Gasteiger partial charge in [-0.2, -0.15) is 0 Å². The van der Waals surface area contributed by atoms with E-state index < -0.39 is 0 Å². The van der Waals surface area contributed by atoms with Gasteiger partial charge in [0.2, 0.25) is 0 Å². The van der Waals surface area contributed by atoms with Crippen molar-refractivity contribution in [2.45, 2.75) is 57.9 Å². The minimum atomic E-state index is 0.774. The van der Waals surface area contributed by atoms with Crippen LogP contribution in [-0.2, 0) is 4.74 Å². The molecular formula is C14H27NO. The Morgan fingerprint density at radius 1 is 1.12 bits per heavy atom. The van der Waals surface area contributed by atoms with E-state index in [4.69, 9.17) is 4.74 Å². The zero-order chi connectivity index (χ0) is 11.2. The Bertz CT molecular complexity index is 189. The van der Waals surface area contributed by atoms with Crippen molar-refractivity contribution in [1.82, 2.24) is 5.32 Å². The van der Waals surface area contributed by atoms with Gasteiger partial charge in [-0.25, -0.2) is 0 Å². The molecule has 0 radical (unpaired) electrons. The van der Waals surface area contributed by atoms with Gasteiger partial charge in [-0.15, -0.1) is 0 Å². The maximum atomic E-state index is 5.52. The lowest BCUT2D eigenvalue weighted by molar-refractivity contribution is 0.0528. The van der Waals surface area contributed by atoms with Crippen molar-refractivity contribution >= 4 is 0 Å². The number of nitrogens with one attached hydrogen (secondary N) is 1. The van der Waals surface area contributed by atoms with Crippen LogP contribution in [0.1, 0.15) is 51.9 Å². The van der Waals surface area contributed by atoms with Gasteiger partial charge in [0.15, 0.2) is 0 Å². The van der Waals surface area contributed by atoms with E-state index in [-0.39, 0.29) is 0 Å². The van der Waals surface area contributed by atoms with Crippen LogP contribution in [0.25, 0.3) is 0 Å². The van der Waals surface area contributed by atoms with Gasteiger partial charge in [0.1, 0.15) is 0 Å². The fourth-order valence-electron chi connectivity index (χ4n) is 3.15. The Morgan fingerprint density at radius 3 is 2.75 bits per heavy atom. The van der Waals surface area contributed by atoms with Crippen molar-refractivity contribution in [3.05, 3.63) is 0 Å². The Morgan fingerprint density at radius 2 is 2.00 bits per heavy atom. The molecule has 2 fully saturated rings. The van der Waals surface area contributed by atoms with Crippen molar-refractivity contribution in [2.24, 2.45) is 11.8 Å². The second kappa shape index (κ2) is 6.61. The van der Waals surface area contributed by atoms with Crippen LogP contribution in [0.15, 0.2) is 0 Å². The zero-order valence-electron chi connectivity index (χ0n) is 10.7. The molecule has 2 nitrogen and oxygen atoms in total. The topological polar surface area (TPSA) is 21.3 Å². The predicted octanol–water partition coefficient (Wildman–Crippen LogP) is 2.97. The third-order valence-electron chi connectivity index (χ3n) is 4.31. The average Bonchev–Trinajstić information content (AvgIpc) is 2.38.